The molecule has 1 aliphatic carbocycles. The van der Waals surface area contributed by atoms with Crippen molar-refractivity contribution in [2.45, 2.75) is 25.8 Å². The van der Waals surface area contributed by atoms with Crippen LogP contribution in [0.25, 0.3) is 0 Å². The average molecular weight is 286 g/mol. The minimum Gasteiger partial charge on any atom is -0.383 e. The van der Waals surface area contributed by atoms with Crippen LogP contribution in [0, 0.1) is 18.8 Å². The van der Waals surface area contributed by atoms with E-state index in [-0.39, 0.29) is 12.5 Å². The third-order valence-corrected chi connectivity index (χ3v) is 3.52. The van der Waals surface area contributed by atoms with Crippen LogP contribution in [0.3, 0.4) is 0 Å². The molecule has 1 amide bonds. The fourth-order valence-electron chi connectivity index (χ4n) is 2.27. The Balaban J connectivity index is 2.29. The van der Waals surface area contributed by atoms with E-state index >= 15 is 0 Å². The van der Waals surface area contributed by atoms with Gasteiger partial charge in [-0.05, 0) is 31.9 Å². The summed E-state index contributed by atoms with van der Waals surface area (Å²) < 4.78 is 5.12. The summed E-state index contributed by atoms with van der Waals surface area (Å²) in [6.45, 7) is 3.45. The number of ether oxygens (including phenoxy) is 1. The van der Waals surface area contributed by atoms with Gasteiger partial charge in [0.05, 0.1) is 18.7 Å². The Hall–Kier alpha value is -1.83. The Morgan fingerprint density at radius 2 is 2.24 bits per heavy atom. The minimum absolute atomic E-state index is 0.0413. The molecule has 4 heteroatoms. The molecule has 21 heavy (non-hydrogen) atoms. The number of methoxy groups -OCH3 is 1. The minimum atomic E-state index is 0.0413. The van der Waals surface area contributed by atoms with E-state index in [4.69, 9.17) is 10.5 Å². The van der Waals surface area contributed by atoms with Crippen molar-refractivity contribution in [3.8, 4) is 11.8 Å². The zero-order valence-corrected chi connectivity index (χ0v) is 12.7. The van der Waals surface area contributed by atoms with Crippen LogP contribution >= 0.6 is 0 Å². The van der Waals surface area contributed by atoms with Gasteiger partial charge in [0.2, 0.25) is 0 Å². The summed E-state index contributed by atoms with van der Waals surface area (Å²) in [7, 11) is 1.65. The first-order valence-electron chi connectivity index (χ1n) is 7.27. The van der Waals surface area contributed by atoms with Gasteiger partial charge in [0.25, 0.3) is 5.91 Å². The number of hydrogen-bond acceptors (Lipinski definition) is 3. The smallest absolute Gasteiger partial charge is 0.255 e. The predicted octanol–water partition coefficient (Wildman–Crippen LogP) is 1.56. The van der Waals surface area contributed by atoms with Crippen molar-refractivity contribution in [3.05, 3.63) is 34.9 Å². The molecule has 0 atom stereocenters. The van der Waals surface area contributed by atoms with Crippen molar-refractivity contribution in [3.63, 3.8) is 0 Å². The highest BCUT2D eigenvalue weighted by Gasteiger charge is 2.33. The van der Waals surface area contributed by atoms with Crippen LogP contribution in [0.4, 0.5) is 0 Å². The van der Waals surface area contributed by atoms with Gasteiger partial charge < -0.3 is 15.4 Å². The third-order valence-electron chi connectivity index (χ3n) is 3.52. The molecule has 112 valence electrons. The first kappa shape index (κ1) is 15.6. The van der Waals surface area contributed by atoms with Crippen LogP contribution in [-0.2, 0) is 4.74 Å². The predicted molar refractivity (Wildman–Crippen MR) is 83.0 cm³/mol. The monoisotopic (exact) mass is 286 g/mol. The lowest BCUT2D eigenvalue weighted by molar-refractivity contribution is 0.0680. The van der Waals surface area contributed by atoms with Crippen LogP contribution in [0.5, 0.6) is 0 Å². The number of rotatable bonds is 5. The van der Waals surface area contributed by atoms with E-state index in [0.717, 1.165) is 24.0 Å². The second-order valence-corrected chi connectivity index (χ2v) is 5.28. The van der Waals surface area contributed by atoms with Crippen molar-refractivity contribution in [1.82, 2.24) is 4.90 Å². The molecule has 1 aromatic carbocycles. The zero-order chi connectivity index (χ0) is 15.2. The van der Waals surface area contributed by atoms with Crippen LogP contribution in [0.15, 0.2) is 18.2 Å². The molecule has 1 aromatic rings. The first-order valence-corrected chi connectivity index (χ1v) is 7.27. The molecule has 1 fully saturated rings. The van der Waals surface area contributed by atoms with Crippen molar-refractivity contribution < 1.29 is 9.53 Å². The van der Waals surface area contributed by atoms with Crippen LogP contribution in [-0.4, -0.2) is 43.7 Å². The molecule has 0 aromatic heterocycles. The lowest BCUT2D eigenvalue weighted by Gasteiger charge is -2.23. The summed E-state index contributed by atoms with van der Waals surface area (Å²) in [6.07, 6.45) is 2.15. The number of aryl methyl sites for hydroxylation is 1. The average Bonchev–Trinajstić information content (AvgIpc) is 3.31. The normalized spacial score (nSPS) is 13.5. The number of nitrogens with two attached hydrogens (primary N) is 1. The summed E-state index contributed by atoms with van der Waals surface area (Å²) in [5.74, 6) is 5.87. The summed E-state index contributed by atoms with van der Waals surface area (Å²) >= 11 is 0. The van der Waals surface area contributed by atoms with E-state index < -0.39 is 0 Å². The van der Waals surface area contributed by atoms with Gasteiger partial charge >= 0.3 is 0 Å². The van der Waals surface area contributed by atoms with Gasteiger partial charge in [-0.3, -0.25) is 4.79 Å². The van der Waals surface area contributed by atoms with Gasteiger partial charge in [-0.15, -0.1) is 0 Å². The van der Waals surface area contributed by atoms with Gasteiger partial charge in [-0.1, -0.05) is 23.5 Å². The summed E-state index contributed by atoms with van der Waals surface area (Å²) in [6, 6.07) is 6.12. The number of amides is 1. The van der Waals surface area contributed by atoms with Crippen molar-refractivity contribution in [1.29, 1.82) is 0 Å². The van der Waals surface area contributed by atoms with Crippen molar-refractivity contribution >= 4 is 5.91 Å². The number of nitrogens with zero attached hydrogens (tertiary/aromatic N) is 1. The van der Waals surface area contributed by atoms with Gasteiger partial charge in [0.1, 0.15) is 0 Å². The van der Waals surface area contributed by atoms with E-state index in [1.165, 1.54) is 0 Å². The van der Waals surface area contributed by atoms with E-state index in [9.17, 15) is 4.79 Å². The van der Waals surface area contributed by atoms with Crippen LogP contribution in [0.1, 0.15) is 34.3 Å². The Morgan fingerprint density at radius 3 is 2.86 bits per heavy atom. The van der Waals surface area contributed by atoms with E-state index in [1.54, 1.807) is 7.11 Å². The second-order valence-electron chi connectivity index (χ2n) is 5.28. The molecule has 2 rings (SSSR count). The molecular formula is C17H22N2O2. The lowest BCUT2D eigenvalue weighted by atomic mass is 10.0. The molecule has 0 saturated heterocycles. The number of carbonyl (C=O) groups excluding carboxylic acids is 1. The number of hydrogen-bond donors (Lipinski definition) is 1. The molecule has 4 nitrogen and oxygen atoms in total. The highest BCUT2D eigenvalue weighted by Crippen LogP contribution is 2.28. The molecule has 2 N–H and O–H groups in total. The fraction of sp³-hybridized carbons (Fsp3) is 0.471. The van der Waals surface area contributed by atoms with Gasteiger partial charge in [-0.2, -0.15) is 0 Å². The quantitative estimate of drug-likeness (QED) is 0.836. The summed E-state index contributed by atoms with van der Waals surface area (Å²) in [5, 5.41) is 0. The molecule has 0 spiro atoms. The maximum atomic E-state index is 12.8. The molecule has 0 unspecified atom stereocenters. The molecular weight excluding hydrogens is 264 g/mol. The lowest BCUT2D eigenvalue weighted by Crippen LogP contribution is -2.36. The topological polar surface area (TPSA) is 55.6 Å². The maximum absolute atomic E-state index is 12.8. The fourth-order valence-corrected chi connectivity index (χ4v) is 2.27. The van der Waals surface area contributed by atoms with Crippen LogP contribution < -0.4 is 5.73 Å². The van der Waals surface area contributed by atoms with E-state index in [1.807, 2.05) is 30.0 Å². The zero-order valence-electron chi connectivity index (χ0n) is 12.7. The van der Waals surface area contributed by atoms with Crippen LogP contribution in [0.2, 0.25) is 0 Å². The van der Waals surface area contributed by atoms with E-state index in [2.05, 4.69) is 11.8 Å². The molecule has 0 aliphatic heterocycles. The summed E-state index contributed by atoms with van der Waals surface area (Å²) in [4.78, 5) is 14.7. The maximum Gasteiger partial charge on any atom is 0.255 e. The largest absolute Gasteiger partial charge is 0.383 e. The Labute approximate surface area is 126 Å². The van der Waals surface area contributed by atoms with Gasteiger partial charge in [-0.25, -0.2) is 0 Å². The standard InChI is InChI=1S/C17H22N2O2/c1-13-5-6-14(4-3-9-18)16(12-13)17(20)19(10-11-21-2)15-7-8-15/h5-6,12,15H,7-11,18H2,1-2H3. The Bertz CT molecular complexity index is 568. The molecule has 1 saturated carbocycles. The van der Waals surface area contributed by atoms with Crippen molar-refractivity contribution in [2.24, 2.45) is 5.73 Å². The number of benzene rings is 1. The highest BCUT2D eigenvalue weighted by atomic mass is 16.5. The molecule has 1 aliphatic rings. The SMILES string of the molecule is COCCN(C(=O)c1cc(C)ccc1C#CCN)C1CC1. The Kier molecular flexibility index (Phi) is 5.38. The number of carbonyl (C=O) groups is 1. The molecule has 0 heterocycles. The molecule has 0 radical (unpaired) electrons. The molecule has 0 bridgehead atoms. The summed E-state index contributed by atoms with van der Waals surface area (Å²) in [5.41, 5.74) is 7.90. The van der Waals surface area contributed by atoms with E-state index in [0.29, 0.717) is 24.8 Å². The highest BCUT2D eigenvalue weighted by molar-refractivity contribution is 5.97. The van der Waals surface area contributed by atoms with Crippen molar-refractivity contribution in [2.75, 3.05) is 26.8 Å². The third kappa shape index (κ3) is 4.07. The second kappa shape index (κ2) is 7.26. The van der Waals surface area contributed by atoms with Gasteiger partial charge in [0.15, 0.2) is 0 Å². The first-order chi connectivity index (χ1) is 10.2. The van der Waals surface area contributed by atoms with Gasteiger partial charge in [0, 0.05) is 25.3 Å². The Morgan fingerprint density at radius 1 is 1.48 bits per heavy atom.